The molecule has 0 aliphatic carbocycles. The lowest BCUT2D eigenvalue weighted by Gasteiger charge is -2.10. The molecule has 0 radical (unpaired) electrons. The van der Waals surface area contributed by atoms with E-state index in [4.69, 9.17) is 4.74 Å². The molecule has 2 aromatic rings. The van der Waals surface area contributed by atoms with Gasteiger partial charge in [-0.15, -0.1) is 0 Å². The molecule has 4 heteroatoms. The van der Waals surface area contributed by atoms with Gasteiger partial charge < -0.3 is 4.74 Å². The number of halogens is 1. The van der Waals surface area contributed by atoms with Crippen LogP contribution in [-0.2, 0) is 9.53 Å². The Morgan fingerprint density at radius 3 is 2.26 bits per heavy atom. The minimum absolute atomic E-state index is 0.227. The van der Waals surface area contributed by atoms with Crippen molar-refractivity contribution in [3.05, 3.63) is 75.8 Å². The third kappa shape index (κ3) is 5.18. The molecule has 1 atom stereocenters. The monoisotopic (exact) mass is 372 g/mol. The highest BCUT2D eigenvalue weighted by atomic mass is 79.9. The van der Waals surface area contributed by atoms with Gasteiger partial charge in [0.2, 0.25) is 5.78 Å². The van der Waals surface area contributed by atoms with Crippen LogP contribution in [0, 0.1) is 6.92 Å². The van der Waals surface area contributed by atoms with Gasteiger partial charge >= 0.3 is 5.97 Å². The van der Waals surface area contributed by atoms with E-state index < -0.39 is 12.1 Å². The van der Waals surface area contributed by atoms with Crippen LogP contribution in [0.3, 0.4) is 0 Å². The maximum Gasteiger partial charge on any atom is 0.331 e. The van der Waals surface area contributed by atoms with E-state index in [1.165, 1.54) is 6.08 Å². The maximum atomic E-state index is 12.2. The average Bonchev–Trinajstić information content (AvgIpc) is 2.54. The zero-order valence-electron chi connectivity index (χ0n) is 13.0. The fourth-order valence-corrected chi connectivity index (χ4v) is 2.22. The molecule has 0 saturated heterocycles. The van der Waals surface area contributed by atoms with E-state index in [1.54, 1.807) is 37.3 Å². The highest BCUT2D eigenvalue weighted by molar-refractivity contribution is 9.10. The molecule has 0 N–H and O–H groups in total. The second-order valence-electron chi connectivity index (χ2n) is 5.19. The summed E-state index contributed by atoms with van der Waals surface area (Å²) in [4.78, 5) is 24.0. The molecular weight excluding hydrogens is 356 g/mol. The summed E-state index contributed by atoms with van der Waals surface area (Å²) in [5.74, 6) is -0.766. The lowest BCUT2D eigenvalue weighted by atomic mass is 10.1. The number of ketones is 1. The molecule has 1 unspecified atom stereocenters. The molecule has 0 aliphatic heterocycles. The first-order chi connectivity index (χ1) is 11.0. The van der Waals surface area contributed by atoms with Crippen LogP contribution < -0.4 is 0 Å². The average molecular weight is 373 g/mol. The Balaban J connectivity index is 1.95. The van der Waals surface area contributed by atoms with Crippen molar-refractivity contribution in [3.63, 3.8) is 0 Å². The van der Waals surface area contributed by atoms with Crippen molar-refractivity contribution < 1.29 is 14.3 Å². The van der Waals surface area contributed by atoms with E-state index in [0.29, 0.717) is 5.56 Å². The molecule has 0 saturated carbocycles. The van der Waals surface area contributed by atoms with Crippen LogP contribution in [0.1, 0.15) is 28.4 Å². The summed E-state index contributed by atoms with van der Waals surface area (Å²) < 4.78 is 6.04. The highest BCUT2D eigenvalue weighted by Crippen LogP contribution is 2.13. The summed E-state index contributed by atoms with van der Waals surface area (Å²) in [5, 5.41) is 0. The first-order valence-corrected chi connectivity index (χ1v) is 8.00. The summed E-state index contributed by atoms with van der Waals surface area (Å²) in [6, 6.07) is 14.7. The summed E-state index contributed by atoms with van der Waals surface area (Å²) in [5.41, 5.74) is 2.56. The number of esters is 1. The number of hydrogen-bond acceptors (Lipinski definition) is 3. The third-order valence-electron chi connectivity index (χ3n) is 3.28. The number of carbonyl (C=O) groups is 2. The van der Waals surface area contributed by atoms with Gasteiger partial charge in [-0.1, -0.05) is 57.9 Å². The maximum absolute atomic E-state index is 12.2. The van der Waals surface area contributed by atoms with Gasteiger partial charge in [-0.2, -0.15) is 0 Å². The van der Waals surface area contributed by atoms with E-state index in [-0.39, 0.29) is 5.78 Å². The summed E-state index contributed by atoms with van der Waals surface area (Å²) in [6.45, 7) is 3.57. The van der Waals surface area contributed by atoms with Gasteiger partial charge in [0.05, 0.1) is 0 Å². The fraction of sp³-hybridized carbons (Fsp3) is 0.158. The van der Waals surface area contributed by atoms with Crippen LogP contribution >= 0.6 is 15.9 Å². The van der Waals surface area contributed by atoms with E-state index in [1.807, 2.05) is 31.2 Å². The lowest BCUT2D eigenvalue weighted by Crippen LogP contribution is -2.23. The van der Waals surface area contributed by atoms with Gasteiger partial charge in [-0.05, 0) is 37.6 Å². The molecular formula is C19H17BrO3. The molecule has 2 rings (SSSR count). The van der Waals surface area contributed by atoms with Gasteiger partial charge in [0.25, 0.3) is 0 Å². The zero-order valence-corrected chi connectivity index (χ0v) is 14.5. The number of ether oxygens (including phenoxy) is 1. The molecule has 2 aromatic carbocycles. The molecule has 0 bridgehead atoms. The normalized spacial score (nSPS) is 12.1. The lowest BCUT2D eigenvalue weighted by molar-refractivity contribution is -0.140. The topological polar surface area (TPSA) is 43.4 Å². The van der Waals surface area contributed by atoms with Gasteiger partial charge in [0.15, 0.2) is 6.10 Å². The molecule has 0 amide bonds. The van der Waals surface area contributed by atoms with Crippen molar-refractivity contribution in [1.29, 1.82) is 0 Å². The molecule has 0 aromatic heterocycles. The number of Topliss-reactive ketones (excluding diaryl/α,β-unsaturated/α-hetero) is 1. The number of hydrogen-bond donors (Lipinski definition) is 0. The number of aryl methyl sites for hydroxylation is 1. The van der Waals surface area contributed by atoms with Crippen LogP contribution in [0.15, 0.2) is 59.1 Å². The summed E-state index contributed by atoms with van der Waals surface area (Å²) >= 11 is 3.31. The standard InChI is InChI=1S/C19H17BrO3/c1-13-3-5-15(6-4-13)7-12-18(21)23-14(2)19(22)16-8-10-17(20)11-9-16/h3-12,14H,1-2H3/b12-7+. The van der Waals surface area contributed by atoms with Gasteiger partial charge in [0, 0.05) is 16.1 Å². The van der Waals surface area contributed by atoms with Gasteiger partial charge in [-0.3, -0.25) is 4.79 Å². The Hall–Kier alpha value is -2.20. The predicted octanol–water partition coefficient (Wildman–Crippen LogP) is 4.59. The molecule has 0 heterocycles. The Morgan fingerprint density at radius 2 is 1.65 bits per heavy atom. The van der Waals surface area contributed by atoms with Crippen LogP contribution in [-0.4, -0.2) is 17.9 Å². The summed E-state index contributed by atoms with van der Waals surface area (Å²) in [7, 11) is 0. The molecule has 23 heavy (non-hydrogen) atoms. The molecule has 0 fully saturated rings. The van der Waals surface area contributed by atoms with E-state index in [2.05, 4.69) is 15.9 Å². The number of benzene rings is 2. The summed E-state index contributed by atoms with van der Waals surface area (Å²) in [6.07, 6.45) is 2.17. The van der Waals surface area contributed by atoms with Gasteiger partial charge in [-0.25, -0.2) is 4.79 Å². The predicted molar refractivity (Wildman–Crippen MR) is 94.2 cm³/mol. The minimum Gasteiger partial charge on any atom is -0.451 e. The Bertz CT molecular complexity index is 715. The van der Waals surface area contributed by atoms with E-state index in [0.717, 1.165) is 15.6 Å². The fourth-order valence-electron chi connectivity index (χ4n) is 1.96. The molecule has 0 aliphatic rings. The first kappa shape index (κ1) is 17.2. The SMILES string of the molecule is Cc1ccc(/C=C/C(=O)OC(C)C(=O)c2ccc(Br)cc2)cc1. The number of carbonyl (C=O) groups excluding carboxylic acids is 2. The quantitative estimate of drug-likeness (QED) is 0.438. The largest absolute Gasteiger partial charge is 0.451 e. The van der Waals surface area contributed by atoms with Crippen LogP contribution in [0.4, 0.5) is 0 Å². The van der Waals surface area contributed by atoms with E-state index in [9.17, 15) is 9.59 Å². The van der Waals surface area contributed by atoms with Crippen molar-refractivity contribution >= 4 is 33.8 Å². The van der Waals surface area contributed by atoms with Crippen LogP contribution in [0.25, 0.3) is 6.08 Å². The minimum atomic E-state index is -0.827. The molecule has 0 spiro atoms. The Morgan fingerprint density at radius 1 is 1.04 bits per heavy atom. The number of rotatable bonds is 5. The Kier molecular flexibility index (Phi) is 5.88. The highest BCUT2D eigenvalue weighted by Gasteiger charge is 2.18. The smallest absolute Gasteiger partial charge is 0.331 e. The molecule has 118 valence electrons. The molecule has 3 nitrogen and oxygen atoms in total. The zero-order chi connectivity index (χ0) is 16.8. The van der Waals surface area contributed by atoms with Crippen LogP contribution in [0.2, 0.25) is 0 Å². The van der Waals surface area contributed by atoms with Crippen molar-refractivity contribution in [2.45, 2.75) is 20.0 Å². The van der Waals surface area contributed by atoms with Crippen molar-refractivity contribution in [3.8, 4) is 0 Å². The van der Waals surface area contributed by atoms with Crippen molar-refractivity contribution in [2.24, 2.45) is 0 Å². The van der Waals surface area contributed by atoms with Crippen LogP contribution in [0.5, 0.6) is 0 Å². The first-order valence-electron chi connectivity index (χ1n) is 7.21. The Labute approximate surface area is 144 Å². The third-order valence-corrected chi connectivity index (χ3v) is 3.81. The second-order valence-corrected chi connectivity index (χ2v) is 6.11. The van der Waals surface area contributed by atoms with Gasteiger partial charge in [0.1, 0.15) is 0 Å². The van der Waals surface area contributed by atoms with E-state index >= 15 is 0 Å². The second kappa shape index (κ2) is 7.88. The van der Waals surface area contributed by atoms with Crippen molar-refractivity contribution in [1.82, 2.24) is 0 Å². The van der Waals surface area contributed by atoms with Crippen molar-refractivity contribution in [2.75, 3.05) is 0 Å².